The second-order valence-electron chi connectivity index (χ2n) is 2.55. The van der Waals surface area contributed by atoms with E-state index >= 15 is 0 Å². The molecule has 0 aliphatic rings. The van der Waals surface area contributed by atoms with E-state index < -0.39 is 0 Å². The Morgan fingerprint density at radius 3 is 3.00 bits per heavy atom. The molecule has 0 fully saturated rings. The van der Waals surface area contributed by atoms with E-state index in [9.17, 15) is 0 Å². The largest absolute Gasteiger partial charge is 0.495 e. The van der Waals surface area contributed by atoms with Gasteiger partial charge in [-0.2, -0.15) is 0 Å². The standard InChI is InChI=1S/C8H9N3O/c1-6-7(12-2)3-4-8-10-9-5-11(6)8/h3-5H,1-2H3. The molecule has 0 unspecified atom stereocenters. The minimum Gasteiger partial charge on any atom is -0.495 e. The number of pyridine rings is 1. The number of aryl methyl sites for hydroxylation is 1. The number of methoxy groups -OCH3 is 1. The van der Waals surface area contributed by atoms with E-state index in [4.69, 9.17) is 4.74 Å². The average Bonchev–Trinajstić information content (AvgIpc) is 2.53. The monoisotopic (exact) mass is 163 g/mol. The summed E-state index contributed by atoms with van der Waals surface area (Å²) in [7, 11) is 1.65. The molecule has 0 atom stereocenters. The SMILES string of the molecule is COc1ccc2nncn2c1C. The maximum Gasteiger partial charge on any atom is 0.161 e. The number of fused-ring (bicyclic) bond motifs is 1. The number of nitrogens with zero attached hydrogens (tertiary/aromatic N) is 3. The Labute approximate surface area is 69.8 Å². The number of ether oxygens (including phenoxy) is 1. The van der Waals surface area contributed by atoms with Gasteiger partial charge in [0.25, 0.3) is 0 Å². The molecule has 0 aliphatic carbocycles. The van der Waals surface area contributed by atoms with E-state index in [1.54, 1.807) is 13.4 Å². The first-order valence-electron chi connectivity index (χ1n) is 3.66. The summed E-state index contributed by atoms with van der Waals surface area (Å²) in [5, 5.41) is 7.71. The van der Waals surface area contributed by atoms with Crippen LogP contribution in [0.4, 0.5) is 0 Å². The lowest BCUT2D eigenvalue weighted by molar-refractivity contribution is 0.408. The van der Waals surface area contributed by atoms with Crippen molar-refractivity contribution >= 4 is 5.65 Å². The normalized spacial score (nSPS) is 10.5. The first-order valence-corrected chi connectivity index (χ1v) is 3.66. The number of hydrogen-bond donors (Lipinski definition) is 0. The molecule has 62 valence electrons. The van der Waals surface area contributed by atoms with Gasteiger partial charge in [0, 0.05) is 0 Å². The maximum absolute atomic E-state index is 5.15. The molecular weight excluding hydrogens is 154 g/mol. The third-order valence-corrected chi connectivity index (χ3v) is 1.90. The zero-order valence-corrected chi connectivity index (χ0v) is 6.98. The fraction of sp³-hybridized carbons (Fsp3) is 0.250. The minimum atomic E-state index is 0.841. The molecule has 0 spiro atoms. The highest BCUT2D eigenvalue weighted by molar-refractivity contribution is 5.43. The van der Waals surface area contributed by atoms with Crippen LogP contribution in [0.2, 0.25) is 0 Å². The van der Waals surface area contributed by atoms with E-state index in [2.05, 4.69) is 10.2 Å². The third kappa shape index (κ3) is 0.845. The lowest BCUT2D eigenvalue weighted by Crippen LogP contribution is -1.94. The number of hydrogen-bond acceptors (Lipinski definition) is 3. The summed E-state index contributed by atoms with van der Waals surface area (Å²) >= 11 is 0. The summed E-state index contributed by atoms with van der Waals surface area (Å²) < 4.78 is 7.03. The van der Waals surface area contributed by atoms with E-state index in [0.29, 0.717) is 0 Å². The Bertz CT molecular complexity index is 408. The van der Waals surface area contributed by atoms with Crippen LogP contribution in [0, 0.1) is 6.92 Å². The van der Waals surface area contributed by atoms with Gasteiger partial charge in [0.05, 0.1) is 12.8 Å². The summed E-state index contributed by atoms with van der Waals surface area (Å²) in [5.41, 5.74) is 1.85. The van der Waals surface area contributed by atoms with Crippen LogP contribution in [0.1, 0.15) is 5.69 Å². The van der Waals surface area contributed by atoms with Crippen LogP contribution in [-0.2, 0) is 0 Å². The van der Waals surface area contributed by atoms with Crippen molar-refractivity contribution in [2.75, 3.05) is 7.11 Å². The Balaban J connectivity index is 2.78. The van der Waals surface area contributed by atoms with Crippen molar-refractivity contribution in [3.8, 4) is 5.75 Å². The van der Waals surface area contributed by atoms with Gasteiger partial charge in [-0.15, -0.1) is 10.2 Å². The molecule has 2 aromatic rings. The predicted octanol–water partition coefficient (Wildman–Crippen LogP) is 1.05. The molecule has 0 saturated carbocycles. The molecule has 0 aliphatic heterocycles. The van der Waals surface area contributed by atoms with Gasteiger partial charge in [-0.25, -0.2) is 0 Å². The van der Waals surface area contributed by atoms with Crippen LogP contribution < -0.4 is 4.74 Å². The highest BCUT2D eigenvalue weighted by Crippen LogP contribution is 2.17. The molecule has 0 amide bonds. The first-order chi connectivity index (χ1) is 5.83. The van der Waals surface area contributed by atoms with Gasteiger partial charge in [-0.1, -0.05) is 0 Å². The Morgan fingerprint density at radius 2 is 2.25 bits per heavy atom. The highest BCUT2D eigenvalue weighted by Gasteiger charge is 2.02. The summed E-state index contributed by atoms with van der Waals surface area (Å²) in [4.78, 5) is 0. The Hall–Kier alpha value is -1.58. The van der Waals surface area contributed by atoms with Gasteiger partial charge < -0.3 is 4.74 Å². The molecule has 4 nitrogen and oxygen atoms in total. The van der Waals surface area contributed by atoms with Crippen molar-refractivity contribution in [2.45, 2.75) is 6.92 Å². The van der Waals surface area contributed by atoms with Gasteiger partial charge in [-0.05, 0) is 19.1 Å². The fourth-order valence-electron chi connectivity index (χ4n) is 1.22. The number of aromatic nitrogens is 3. The highest BCUT2D eigenvalue weighted by atomic mass is 16.5. The van der Waals surface area contributed by atoms with Crippen LogP contribution in [0.5, 0.6) is 5.75 Å². The smallest absolute Gasteiger partial charge is 0.161 e. The minimum absolute atomic E-state index is 0.841. The van der Waals surface area contributed by atoms with E-state index in [0.717, 1.165) is 17.1 Å². The van der Waals surface area contributed by atoms with Crippen LogP contribution in [0.25, 0.3) is 5.65 Å². The van der Waals surface area contributed by atoms with Crippen molar-refractivity contribution in [1.82, 2.24) is 14.6 Å². The van der Waals surface area contributed by atoms with Crippen molar-refractivity contribution in [3.05, 3.63) is 24.2 Å². The van der Waals surface area contributed by atoms with Crippen molar-refractivity contribution in [3.63, 3.8) is 0 Å². The molecule has 0 aromatic carbocycles. The van der Waals surface area contributed by atoms with Crippen molar-refractivity contribution < 1.29 is 4.74 Å². The molecule has 2 heterocycles. The molecule has 4 heteroatoms. The van der Waals surface area contributed by atoms with Gasteiger partial charge in [0.1, 0.15) is 12.1 Å². The summed E-state index contributed by atoms with van der Waals surface area (Å²) in [6.45, 7) is 1.97. The van der Waals surface area contributed by atoms with Crippen molar-refractivity contribution in [2.24, 2.45) is 0 Å². The molecule has 2 rings (SSSR count). The first kappa shape index (κ1) is 7.09. The van der Waals surface area contributed by atoms with Crippen LogP contribution in [0.3, 0.4) is 0 Å². The van der Waals surface area contributed by atoms with Gasteiger partial charge in [0.2, 0.25) is 0 Å². The molecule has 12 heavy (non-hydrogen) atoms. The maximum atomic E-state index is 5.15. The Morgan fingerprint density at radius 1 is 1.42 bits per heavy atom. The predicted molar refractivity (Wildman–Crippen MR) is 44.3 cm³/mol. The van der Waals surface area contributed by atoms with E-state index in [1.807, 2.05) is 23.5 Å². The molecule has 0 saturated heterocycles. The van der Waals surface area contributed by atoms with E-state index in [-0.39, 0.29) is 0 Å². The summed E-state index contributed by atoms with van der Waals surface area (Å²) in [6.07, 6.45) is 1.67. The molecule has 2 aromatic heterocycles. The Kier molecular flexibility index (Phi) is 1.46. The van der Waals surface area contributed by atoms with Crippen LogP contribution >= 0.6 is 0 Å². The second kappa shape index (κ2) is 2.48. The zero-order chi connectivity index (χ0) is 8.55. The number of rotatable bonds is 1. The third-order valence-electron chi connectivity index (χ3n) is 1.90. The molecule has 0 N–H and O–H groups in total. The van der Waals surface area contributed by atoms with Gasteiger partial charge in [0.15, 0.2) is 5.65 Å². The molecular formula is C8H9N3O. The second-order valence-corrected chi connectivity index (χ2v) is 2.55. The lowest BCUT2D eigenvalue weighted by Gasteiger charge is -2.04. The summed E-state index contributed by atoms with van der Waals surface area (Å²) in [6, 6.07) is 3.76. The van der Waals surface area contributed by atoms with E-state index in [1.165, 1.54) is 0 Å². The van der Waals surface area contributed by atoms with Gasteiger partial charge >= 0.3 is 0 Å². The van der Waals surface area contributed by atoms with Crippen LogP contribution in [-0.4, -0.2) is 21.7 Å². The zero-order valence-electron chi connectivity index (χ0n) is 6.98. The summed E-state index contributed by atoms with van der Waals surface area (Å²) in [5.74, 6) is 0.849. The fourth-order valence-corrected chi connectivity index (χ4v) is 1.22. The van der Waals surface area contributed by atoms with Crippen LogP contribution in [0.15, 0.2) is 18.5 Å². The average molecular weight is 163 g/mol. The molecule has 0 radical (unpaired) electrons. The van der Waals surface area contributed by atoms with Crippen molar-refractivity contribution in [1.29, 1.82) is 0 Å². The van der Waals surface area contributed by atoms with Gasteiger partial charge in [-0.3, -0.25) is 4.40 Å². The quantitative estimate of drug-likeness (QED) is 0.630. The molecule has 0 bridgehead atoms. The lowest BCUT2D eigenvalue weighted by atomic mass is 10.3. The topological polar surface area (TPSA) is 39.4 Å².